The van der Waals surface area contributed by atoms with Crippen molar-refractivity contribution in [3.63, 3.8) is 0 Å². The van der Waals surface area contributed by atoms with Crippen molar-refractivity contribution in [3.05, 3.63) is 140 Å². The molecule has 0 atom stereocenters. The molecule has 0 unspecified atom stereocenters. The third-order valence-electron chi connectivity index (χ3n) is 7.43. The average Bonchev–Trinajstić information content (AvgIpc) is 3.55. The van der Waals surface area contributed by atoms with Gasteiger partial charge >= 0.3 is 0 Å². The Hall–Kier alpha value is -5.35. The number of pyridine rings is 1. The van der Waals surface area contributed by atoms with E-state index in [1.807, 2.05) is 24.4 Å². The lowest BCUT2D eigenvalue weighted by Gasteiger charge is -2.25. The molecule has 3 aromatic heterocycles. The third-order valence-corrected chi connectivity index (χ3v) is 7.43. The minimum Gasteiger partial charge on any atom is -0.452 e. The molecule has 184 valence electrons. The zero-order valence-corrected chi connectivity index (χ0v) is 21.0. The molecular formula is C35H23N3O. The summed E-state index contributed by atoms with van der Waals surface area (Å²) in [7, 11) is 0. The Bertz CT molecular complexity index is 2070. The molecule has 0 saturated carbocycles. The summed E-state index contributed by atoms with van der Waals surface area (Å²) in [4.78, 5) is 6.84. The number of hydrogen-bond donors (Lipinski definition) is 0. The van der Waals surface area contributed by atoms with Gasteiger partial charge in [0, 0.05) is 39.4 Å². The zero-order chi connectivity index (χ0) is 25.8. The van der Waals surface area contributed by atoms with E-state index in [0.717, 1.165) is 44.8 Å². The van der Waals surface area contributed by atoms with E-state index in [0.29, 0.717) is 0 Å². The highest BCUT2D eigenvalue weighted by Crippen LogP contribution is 2.42. The SMILES string of the molecule is c1ccc(N(c2ccc(-n3c4ccccc4c4ccccc43)cc2)c2cccc3c2oc2cccnc23)cc1. The minimum absolute atomic E-state index is 0.787. The zero-order valence-electron chi connectivity index (χ0n) is 21.0. The Morgan fingerprint density at radius 1 is 0.538 bits per heavy atom. The lowest BCUT2D eigenvalue weighted by atomic mass is 10.1. The number of anilines is 3. The maximum absolute atomic E-state index is 6.38. The second kappa shape index (κ2) is 8.61. The minimum atomic E-state index is 0.787. The van der Waals surface area contributed by atoms with Crippen LogP contribution >= 0.6 is 0 Å². The number of aromatic nitrogens is 2. The summed E-state index contributed by atoms with van der Waals surface area (Å²) < 4.78 is 8.72. The first kappa shape index (κ1) is 21.7. The van der Waals surface area contributed by atoms with E-state index in [2.05, 4.69) is 130 Å². The Labute approximate surface area is 225 Å². The van der Waals surface area contributed by atoms with E-state index in [9.17, 15) is 0 Å². The molecule has 0 spiro atoms. The van der Waals surface area contributed by atoms with Crippen LogP contribution in [0.1, 0.15) is 0 Å². The first-order valence-corrected chi connectivity index (χ1v) is 13.1. The van der Waals surface area contributed by atoms with Crippen molar-refractivity contribution in [2.45, 2.75) is 0 Å². The highest BCUT2D eigenvalue weighted by molar-refractivity contribution is 6.10. The first-order valence-electron chi connectivity index (χ1n) is 13.1. The molecule has 3 heterocycles. The first-order chi connectivity index (χ1) is 19.4. The van der Waals surface area contributed by atoms with Crippen LogP contribution in [-0.4, -0.2) is 9.55 Å². The fraction of sp³-hybridized carbons (Fsp3) is 0. The van der Waals surface area contributed by atoms with Crippen LogP contribution in [0.2, 0.25) is 0 Å². The smallest absolute Gasteiger partial charge is 0.161 e. The molecule has 39 heavy (non-hydrogen) atoms. The number of fused-ring (bicyclic) bond motifs is 6. The van der Waals surface area contributed by atoms with Gasteiger partial charge in [0.15, 0.2) is 11.2 Å². The van der Waals surface area contributed by atoms with Crippen molar-refractivity contribution in [2.24, 2.45) is 0 Å². The fourth-order valence-corrected chi connectivity index (χ4v) is 5.74. The van der Waals surface area contributed by atoms with Crippen LogP contribution in [0.4, 0.5) is 17.1 Å². The second-order valence-corrected chi connectivity index (χ2v) is 9.66. The highest BCUT2D eigenvalue weighted by atomic mass is 16.3. The standard InChI is InChI=1S/C35H23N3O/c1-2-10-24(11-3-1)37(32-17-8-14-29-34-33(39-35(29)32)18-9-23-36-34)25-19-21-26(22-20-25)38-30-15-6-4-12-27(30)28-13-5-7-16-31(28)38/h1-23H. The molecule has 0 aliphatic heterocycles. The van der Waals surface area contributed by atoms with Gasteiger partial charge in [0.1, 0.15) is 5.52 Å². The molecule has 8 aromatic rings. The van der Waals surface area contributed by atoms with Gasteiger partial charge in [0.2, 0.25) is 0 Å². The molecule has 4 heteroatoms. The van der Waals surface area contributed by atoms with Crippen molar-refractivity contribution in [2.75, 3.05) is 4.90 Å². The number of hydrogen-bond acceptors (Lipinski definition) is 3. The summed E-state index contributed by atoms with van der Waals surface area (Å²) in [6.45, 7) is 0. The van der Waals surface area contributed by atoms with Gasteiger partial charge in [-0.1, -0.05) is 60.7 Å². The molecule has 0 aliphatic carbocycles. The van der Waals surface area contributed by atoms with E-state index in [-0.39, 0.29) is 0 Å². The molecule has 5 aromatic carbocycles. The van der Waals surface area contributed by atoms with E-state index in [1.165, 1.54) is 21.8 Å². The molecule has 0 fully saturated rings. The summed E-state index contributed by atoms with van der Waals surface area (Å²) in [6.07, 6.45) is 1.81. The Morgan fingerprint density at radius 2 is 1.18 bits per heavy atom. The second-order valence-electron chi connectivity index (χ2n) is 9.66. The van der Waals surface area contributed by atoms with Gasteiger partial charge in [-0.2, -0.15) is 0 Å². The van der Waals surface area contributed by atoms with Crippen LogP contribution in [0.5, 0.6) is 0 Å². The van der Waals surface area contributed by atoms with Crippen LogP contribution in [0.25, 0.3) is 49.6 Å². The molecule has 0 N–H and O–H groups in total. The van der Waals surface area contributed by atoms with Crippen molar-refractivity contribution < 1.29 is 4.42 Å². The number of nitrogens with zero attached hydrogens (tertiary/aromatic N) is 3. The highest BCUT2D eigenvalue weighted by Gasteiger charge is 2.20. The van der Waals surface area contributed by atoms with Crippen LogP contribution in [0, 0.1) is 0 Å². The summed E-state index contributed by atoms with van der Waals surface area (Å²) >= 11 is 0. The van der Waals surface area contributed by atoms with Gasteiger partial charge in [0.25, 0.3) is 0 Å². The van der Waals surface area contributed by atoms with E-state index >= 15 is 0 Å². The third kappa shape index (κ3) is 3.35. The largest absolute Gasteiger partial charge is 0.452 e. The normalized spacial score (nSPS) is 11.6. The lowest BCUT2D eigenvalue weighted by Crippen LogP contribution is -2.10. The quantitative estimate of drug-likeness (QED) is 0.241. The number of benzene rings is 5. The number of rotatable bonds is 4. The molecule has 8 rings (SSSR count). The predicted octanol–water partition coefficient (Wildman–Crippen LogP) is 9.55. The predicted molar refractivity (Wildman–Crippen MR) is 161 cm³/mol. The van der Waals surface area contributed by atoms with Crippen LogP contribution < -0.4 is 4.90 Å². The van der Waals surface area contributed by atoms with Crippen LogP contribution in [0.3, 0.4) is 0 Å². The number of para-hydroxylation sites is 4. The van der Waals surface area contributed by atoms with Crippen molar-refractivity contribution >= 4 is 60.9 Å². The maximum Gasteiger partial charge on any atom is 0.161 e. The molecule has 0 aliphatic rings. The lowest BCUT2D eigenvalue weighted by molar-refractivity contribution is 0.668. The van der Waals surface area contributed by atoms with Crippen LogP contribution in [0.15, 0.2) is 144 Å². The Kier molecular flexibility index (Phi) is 4.79. The molecule has 0 radical (unpaired) electrons. The van der Waals surface area contributed by atoms with Crippen molar-refractivity contribution in [1.29, 1.82) is 0 Å². The summed E-state index contributed by atoms with van der Waals surface area (Å²) in [5, 5.41) is 3.52. The average molecular weight is 502 g/mol. The molecule has 0 bridgehead atoms. The van der Waals surface area contributed by atoms with E-state index in [4.69, 9.17) is 4.42 Å². The Balaban J connectivity index is 1.32. The van der Waals surface area contributed by atoms with Crippen LogP contribution in [-0.2, 0) is 0 Å². The summed E-state index contributed by atoms with van der Waals surface area (Å²) in [6, 6.07) is 46.5. The molecule has 0 saturated heterocycles. The topological polar surface area (TPSA) is 34.2 Å². The summed E-state index contributed by atoms with van der Waals surface area (Å²) in [5.74, 6) is 0. The van der Waals surface area contributed by atoms with Gasteiger partial charge in [0.05, 0.1) is 16.7 Å². The van der Waals surface area contributed by atoms with Gasteiger partial charge < -0.3 is 13.9 Å². The molecule has 0 amide bonds. The summed E-state index contributed by atoms with van der Waals surface area (Å²) in [5.41, 5.74) is 9.09. The fourth-order valence-electron chi connectivity index (χ4n) is 5.74. The van der Waals surface area contributed by atoms with E-state index < -0.39 is 0 Å². The number of furan rings is 1. The monoisotopic (exact) mass is 501 g/mol. The Morgan fingerprint density at radius 3 is 1.92 bits per heavy atom. The van der Waals surface area contributed by atoms with Crippen molar-refractivity contribution in [3.8, 4) is 5.69 Å². The molecular weight excluding hydrogens is 478 g/mol. The van der Waals surface area contributed by atoms with Crippen molar-refractivity contribution in [1.82, 2.24) is 9.55 Å². The van der Waals surface area contributed by atoms with Gasteiger partial charge in [-0.3, -0.25) is 4.98 Å². The van der Waals surface area contributed by atoms with E-state index in [1.54, 1.807) is 0 Å². The van der Waals surface area contributed by atoms with Gasteiger partial charge in [-0.05, 0) is 72.8 Å². The van der Waals surface area contributed by atoms with Gasteiger partial charge in [-0.15, -0.1) is 0 Å². The van der Waals surface area contributed by atoms with Gasteiger partial charge in [-0.25, -0.2) is 0 Å². The molecule has 4 nitrogen and oxygen atoms in total. The maximum atomic E-state index is 6.38.